The maximum absolute atomic E-state index is 13.2. The topological polar surface area (TPSA) is 85.4 Å². The van der Waals surface area contributed by atoms with E-state index in [1.165, 1.54) is 17.0 Å². The maximum Gasteiger partial charge on any atom is 0.268 e. The Morgan fingerprint density at radius 1 is 1.25 bits per heavy atom. The second kappa shape index (κ2) is 7.09. The molecular formula is C21H20FN3O3. The molecule has 28 heavy (non-hydrogen) atoms. The van der Waals surface area contributed by atoms with Crippen molar-refractivity contribution in [1.29, 1.82) is 0 Å². The third-order valence-corrected chi connectivity index (χ3v) is 5.11. The van der Waals surface area contributed by atoms with Gasteiger partial charge in [-0.3, -0.25) is 9.59 Å². The van der Waals surface area contributed by atoms with Crippen molar-refractivity contribution in [3.63, 3.8) is 0 Å². The smallest absolute Gasteiger partial charge is 0.268 e. The van der Waals surface area contributed by atoms with Crippen LogP contribution in [0.1, 0.15) is 12.0 Å². The van der Waals surface area contributed by atoms with Crippen molar-refractivity contribution in [2.45, 2.75) is 18.4 Å². The molecule has 1 aliphatic rings. The Morgan fingerprint density at radius 2 is 2.11 bits per heavy atom. The van der Waals surface area contributed by atoms with E-state index >= 15 is 0 Å². The monoisotopic (exact) mass is 381 g/mol. The zero-order valence-corrected chi connectivity index (χ0v) is 15.1. The summed E-state index contributed by atoms with van der Waals surface area (Å²) in [6.07, 6.45) is 2.23. The number of rotatable bonds is 5. The van der Waals surface area contributed by atoms with Crippen molar-refractivity contribution < 1.29 is 19.1 Å². The number of nitrogens with zero attached hydrogens (tertiary/aromatic N) is 1. The maximum atomic E-state index is 13.2. The first-order valence-electron chi connectivity index (χ1n) is 9.12. The lowest BCUT2D eigenvalue weighted by Crippen LogP contribution is -2.52. The van der Waals surface area contributed by atoms with Crippen molar-refractivity contribution in [2.75, 3.05) is 18.0 Å². The number of benzene rings is 2. The van der Waals surface area contributed by atoms with Crippen LogP contribution in [0.15, 0.2) is 54.7 Å². The van der Waals surface area contributed by atoms with Crippen LogP contribution in [0.3, 0.4) is 0 Å². The Kier molecular flexibility index (Phi) is 4.60. The fourth-order valence-electron chi connectivity index (χ4n) is 3.53. The van der Waals surface area contributed by atoms with E-state index in [9.17, 15) is 19.1 Å². The number of nitrogens with one attached hydrogen (secondary N) is 2. The molecule has 0 radical (unpaired) electrons. The zero-order valence-electron chi connectivity index (χ0n) is 15.1. The number of hydrogen-bond acceptors (Lipinski definition) is 3. The molecule has 4 rings (SSSR count). The zero-order chi connectivity index (χ0) is 19.7. The van der Waals surface area contributed by atoms with E-state index in [2.05, 4.69) is 10.3 Å². The van der Waals surface area contributed by atoms with Gasteiger partial charge in [0.25, 0.3) is 11.8 Å². The molecular weight excluding hydrogens is 361 g/mol. The first kappa shape index (κ1) is 18.2. The highest BCUT2D eigenvalue weighted by Gasteiger charge is 2.51. The lowest BCUT2D eigenvalue weighted by molar-refractivity contribution is -0.149. The third-order valence-electron chi connectivity index (χ3n) is 5.11. The molecule has 144 valence electrons. The largest absolute Gasteiger partial charge is 0.372 e. The Bertz CT molecular complexity index is 1050. The van der Waals surface area contributed by atoms with Gasteiger partial charge in [0.1, 0.15) is 5.82 Å². The minimum absolute atomic E-state index is 0.0167. The number of aliphatic hydroxyl groups is 1. The molecule has 7 heteroatoms. The fraction of sp³-hybridized carbons (Fsp3) is 0.238. The summed E-state index contributed by atoms with van der Waals surface area (Å²) in [6.45, 7) is 0.454. The van der Waals surface area contributed by atoms with Crippen LogP contribution in [0.5, 0.6) is 0 Å². The second-order valence-corrected chi connectivity index (χ2v) is 6.95. The van der Waals surface area contributed by atoms with Crippen molar-refractivity contribution in [2.24, 2.45) is 0 Å². The van der Waals surface area contributed by atoms with Crippen LogP contribution in [-0.2, 0) is 16.0 Å². The van der Waals surface area contributed by atoms with Crippen LogP contribution in [0, 0.1) is 5.82 Å². The summed E-state index contributed by atoms with van der Waals surface area (Å²) in [5, 5.41) is 14.2. The summed E-state index contributed by atoms with van der Waals surface area (Å²) in [4.78, 5) is 29.8. The van der Waals surface area contributed by atoms with Crippen molar-refractivity contribution in [3.8, 4) is 0 Å². The molecule has 0 unspecified atom stereocenters. The summed E-state index contributed by atoms with van der Waals surface area (Å²) in [7, 11) is 0. The molecule has 2 aromatic carbocycles. The van der Waals surface area contributed by atoms with Crippen LogP contribution in [-0.4, -0.2) is 40.6 Å². The third kappa shape index (κ3) is 3.25. The number of H-pyrrole nitrogens is 1. The van der Waals surface area contributed by atoms with Crippen molar-refractivity contribution in [3.05, 3.63) is 66.1 Å². The molecule has 0 bridgehead atoms. The first-order chi connectivity index (χ1) is 13.5. The van der Waals surface area contributed by atoms with Gasteiger partial charge in [0.2, 0.25) is 5.60 Å². The molecule has 1 atom stereocenters. The molecule has 0 spiro atoms. The van der Waals surface area contributed by atoms with E-state index in [0.29, 0.717) is 12.1 Å². The number of aromatic amines is 1. The van der Waals surface area contributed by atoms with Gasteiger partial charge in [-0.2, -0.15) is 0 Å². The molecule has 0 saturated carbocycles. The van der Waals surface area contributed by atoms with E-state index in [1.807, 2.05) is 24.4 Å². The van der Waals surface area contributed by atoms with Crippen molar-refractivity contribution >= 4 is 28.4 Å². The molecule has 1 aromatic heterocycles. The van der Waals surface area contributed by atoms with Crippen LogP contribution >= 0.6 is 0 Å². The van der Waals surface area contributed by atoms with Gasteiger partial charge in [0.15, 0.2) is 0 Å². The molecule has 3 N–H and O–H groups in total. The average molecular weight is 381 g/mol. The summed E-state index contributed by atoms with van der Waals surface area (Å²) >= 11 is 0. The highest BCUT2D eigenvalue weighted by molar-refractivity contribution is 6.16. The standard InChI is InChI=1S/C21H20FN3O3/c22-16-3-1-2-14(12-16)6-9-24-19(26)21(28)8-11-25(20(21)27)17-4-5-18-15(13-17)7-10-23-18/h1-5,7,10,12-13,23,28H,6,8-9,11H2,(H,24,26)/t21-/m0/s1. The SMILES string of the molecule is O=C(NCCc1cccc(F)c1)[C@@]1(O)CCN(c2ccc3[nH]ccc3c2)C1=O. The van der Waals surface area contributed by atoms with Gasteiger partial charge < -0.3 is 20.3 Å². The van der Waals surface area contributed by atoms with Gasteiger partial charge >= 0.3 is 0 Å². The Hall–Kier alpha value is -3.19. The number of carbonyl (C=O) groups is 2. The minimum atomic E-state index is -2.09. The van der Waals surface area contributed by atoms with Crippen LogP contribution < -0.4 is 10.2 Å². The minimum Gasteiger partial charge on any atom is -0.372 e. The highest BCUT2D eigenvalue weighted by Crippen LogP contribution is 2.30. The number of halogens is 1. The normalized spacial score (nSPS) is 19.4. The molecule has 0 aliphatic carbocycles. The second-order valence-electron chi connectivity index (χ2n) is 6.95. The number of fused-ring (bicyclic) bond motifs is 1. The Balaban J connectivity index is 1.42. The molecule has 2 amide bonds. The number of hydrogen-bond donors (Lipinski definition) is 3. The predicted molar refractivity (Wildman–Crippen MR) is 103 cm³/mol. The van der Waals surface area contributed by atoms with Gasteiger partial charge in [0, 0.05) is 42.3 Å². The van der Waals surface area contributed by atoms with Gasteiger partial charge in [-0.1, -0.05) is 12.1 Å². The predicted octanol–water partition coefficient (Wildman–Crippen LogP) is 2.13. The molecule has 2 heterocycles. The Labute approximate surface area is 161 Å². The van der Waals surface area contributed by atoms with Crippen LogP contribution in [0.2, 0.25) is 0 Å². The molecule has 1 fully saturated rings. The number of anilines is 1. The van der Waals surface area contributed by atoms with E-state index in [1.54, 1.807) is 18.2 Å². The number of amides is 2. The quantitative estimate of drug-likeness (QED) is 0.592. The summed E-state index contributed by atoms with van der Waals surface area (Å²) in [5.74, 6) is -1.70. The van der Waals surface area contributed by atoms with E-state index in [-0.39, 0.29) is 25.3 Å². The molecule has 1 saturated heterocycles. The van der Waals surface area contributed by atoms with Gasteiger partial charge in [-0.15, -0.1) is 0 Å². The van der Waals surface area contributed by atoms with Gasteiger partial charge in [0.05, 0.1) is 0 Å². The van der Waals surface area contributed by atoms with Crippen LogP contribution in [0.4, 0.5) is 10.1 Å². The van der Waals surface area contributed by atoms with E-state index < -0.39 is 17.4 Å². The average Bonchev–Trinajstić information content (AvgIpc) is 3.27. The van der Waals surface area contributed by atoms with E-state index in [0.717, 1.165) is 16.5 Å². The summed E-state index contributed by atoms with van der Waals surface area (Å²) in [5.41, 5.74) is 0.225. The van der Waals surface area contributed by atoms with Gasteiger partial charge in [-0.05, 0) is 48.4 Å². The van der Waals surface area contributed by atoms with Gasteiger partial charge in [-0.25, -0.2) is 4.39 Å². The molecule has 6 nitrogen and oxygen atoms in total. The number of aromatic nitrogens is 1. The lowest BCUT2D eigenvalue weighted by Gasteiger charge is -2.22. The summed E-state index contributed by atoms with van der Waals surface area (Å²) < 4.78 is 13.2. The lowest BCUT2D eigenvalue weighted by atomic mass is 10.0. The summed E-state index contributed by atoms with van der Waals surface area (Å²) in [6, 6.07) is 13.5. The van der Waals surface area contributed by atoms with Crippen LogP contribution in [0.25, 0.3) is 10.9 Å². The Morgan fingerprint density at radius 3 is 2.93 bits per heavy atom. The van der Waals surface area contributed by atoms with Crippen molar-refractivity contribution in [1.82, 2.24) is 10.3 Å². The molecule has 3 aromatic rings. The highest BCUT2D eigenvalue weighted by atomic mass is 19.1. The number of carbonyl (C=O) groups excluding carboxylic acids is 2. The first-order valence-corrected chi connectivity index (χ1v) is 9.12. The molecule has 1 aliphatic heterocycles. The fourth-order valence-corrected chi connectivity index (χ4v) is 3.53. The van der Waals surface area contributed by atoms with E-state index in [4.69, 9.17) is 0 Å².